The van der Waals surface area contributed by atoms with Crippen molar-refractivity contribution in [1.82, 2.24) is 5.43 Å². The highest BCUT2D eigenvalue weighted by molar-refractivity contribution is 9.10. The number of ether oxygens (including phenoxy) is 2. The van der Waals surface area contributed by atoms with E-state index in [4.69, 9.17) is 25.5 Å². The largest absolute Gasteiger partial charge is 0.494 e. The minimum absolute atomic E-state index is 0.151. The molecule has 8 heteroatoms. The van der Waals surface area contributed by atoms with Gasteiger partial charge in [0.25, 0.3) is 0 Å². The van der Waals surface area contributed by atoms with Gasteiger partial charge in [0.2, 0.25) is 0 Å². The van der Waals surface area contributed by atoms with E-state index in [1.165, 1.54) is 6.21 Å². The second-order valence-electron chi connectivity index (χ2n) is 5.86. The van der Waals surface area contributed by atoms with Crippen LogP contribution in [0.4, 0.5) is 0 Å². The number of rotatable bonds is 8. The number of benzene rings is 2. The molecule has 1 N–H and O–H groups in total. The third-order valence-electron chi connectivity index (χ3n) is 3.77. The van der Waals surface area contributed by atoms with Crippen molar-refractivity contribution in [2.24, 2.45) is 5.10 Å². The number of hydrogen-bond donors (Lipinski definition) is 1. The number of carbonyl (C=O) groups is 1. The van der Waals surface area contributed by atoms with Gasteiger partial charge in [-0.15, -0.1) is 0 Å². The Hall–Kier alpha value is -2.77. The molecule has 0 saturated carbocycles. The van der Waals surface area contributed by atoms with Crippen molar-refractivity contribution in [1.29, 1.82) is 0 Å². The third kappa shape index (κ3) is 5.19. The van der Waals surface area contributed by atoms with Gasteiger partial charge in [-0.05, 0) is 64.8 Å². The summed E-state index contributed by atoms with van der Waals surface area (Å²) in [5, 5.41) is 5.15. The molecule has 1 amide bonds. The molecule has 150 valence electrons. The molecule has 0 spiro atoms. The molecule has 0 aliphatic carbocycles. The predicted octanol–water partition coefficient (Wildman–Crippen LogP) is 5.58. The molecule has 1 heterocycles. The van der Waals surface area contributed by atoms with Crippen LogP contribution in [-0.2, 0) is 0 Å². The number of amides is 1. The van der Waals surface area contributed by atoms with Gasteiger partial charge in [0, 0.05) is 5.39 Å². The molecule has 3 aromatic rings. The number of nitrogens with one attached hydrogen (secondary N) is 1. The lowest BCUT2D eigenvalue weighted by molar-refractivity contribution is 0.0929. The molecule has 0 saturated heterocycles. The monoisotopic (exact) mass is 476 g/mol. The summed E-state index contributed by atoms with van der Waals surface area (Å²) in [4.78, 5) is 12.3. The van der Waals surface area contributed by atoms with Crippen LogP contribution in [0.5, 0.6) is 11.5 Å². The molecule has 3 rings (SSSR count). The van der Waals surface area contributed by atoms with Gasteiger partial charge in [0.15, 0.2) is 11.5 Å². The Bertz CT molecular complexity index is 1050. The molecule has 0 aliphatic heterocycles. The number of hydrogen-bond acceptors (Lipinski definition) is 5. The van der Waals surface area contributed by atoms with Gasteiger partial charge in [0.1, 0.15) is 17.9 Å². The van der Waals surface area contributed by atoms with Gasteiger partial charge >= 0.3 is 5.91 Å². The zero-order valence-corrected chi connectivity index (χ0v) is 17.9. The van der Waals surface area contributed by atoms with Gasteiger partial charge in [-0.1, -0.05) is 24.3 Å². The van der Waals surface area contributed by atoms with Gasteiger partial charge in [-0.25, -0.2) is 5.43 Å². The Morgan fingerprint density at radius 3 is 2.86 bits per heavy atom. The number of nitrogens with zero attached hydrogens (tertiary/aromatic N) is 1. The maximum absolute atomic E-state index is 12.3. The van der Waals surface area contributed by atoms with E-state index in [0.29, 0.717) is 45.4 Å². The van der Waals surface area contributed by atoms with E-state index in [2.05, 4.69) is 33.0 Å². The Morgan fingerprint density at radius 1 is 1.31 bits per heavy atom. The molecule has 29 heavy (non-hydrogen) atoms. The molecular formula is C21H18BrClN2O4. The van der Waals surface area contributed by atoms with Crippen LogP contribution in [0, 0.1) is 0 Å². The van der Waals surface area contributed by atoms with Crippen molar-refractivity contribution in [3.63, 3.8) is 0 Å². The van der Waals surface area contributed by atoms with Gasteiger partial charge < -0.3 is 13.9 Å². The first-order valence-electron chi connectivity index (χ1n) is 8.74. The Kier molecular flexibility index (Phi) is 6.95. The van der Waals surface area contributed by atoms with Crippen LogP contribution < -0.4 is 14.9 Å². The maximum atomic E-state index is 12.3. The summed E-state index contributed by atoms with van der Waals surface area (Å²) in [6.07, 6.45) is 3.10. The summed E-state index contributed by atoms with van der Waals surface area (Å²) < 4.78 is 17.2. The molecule has 6 nitrogen and oxygen atoms in total. The van der Waals surface area contributed by atoms with Crippen LogP contribution in [0.2, 0.25) is 5.02 Å². The molecule has 1 aromatic heterocycles. The second kappa shape index (κ2) is 9.62. The molecule has 0 radical (unpaired) electrons. The fourth-order valence-corrected chi connectivity index (χ4v) is 3.53. The summed E-state index contributed by atoms with van der Waals surface area (Å²) in [6.45, 7) is 6.41. The Balaban J connectivity index is 1.69. The lowest BCUT2D eigenvalue weighted by Gasteiger charge is -2.09. The quantitative estimate of drug-likeness (QED) is 0.261. The SMILES string of the molecule is C=CCOc1c(Cl)cc(/C=N/NC(=O)c2cc3cc(OCC)ccc3o2)cc1Br. The number of carbonyl (C=O) groups excluding carboxylic acids is 1. The van der Waals surface area contributed by atoms with Crippen molar-refractivity contribution in [2.45, 2.75) is 6.92 Å². The van der Waals surface area contributed by atoms with Crippen molar-refractivity contribution in [3.05, 3.63) is 69.9 Å². The average molecular weight is 478 g/mol. The second-order valence-corrected chi connectivity index (χ2v) is 7.12. The molecule has 2 aromatic carbocycles. The minimum Gasteiger partial charge on any atom is -0.494 e. The number of hydrazone groups is 1. The lowest BCUT2D eigenvalue weighted by Crippen LogP contribution is -2.16. The number of halogens is 2. The number of furan rings is 1. The highest BCUT2D eigenvalue weighted by atomic mass is 79.9. The van der Waals surface area contributed by atoms with E-state index in [9.17, 15) is 4.79 Å². The van der Waals surface area contributed by atoms with Crippen LogP contribution in [0.25, 0.3) is 11.0 Å². The lowest BCUT2D eigenvalue weighted by atomic mass is 10.2. The Labute approximate surface area is 181 Å². The molecule has 0 atom stereocenters. The zero-order chi connectivity index (χ0) is 20.8. The summed E-state index contributed by atoms with van der Waals surface area (Å²) in [7, 11) is 0. The van der Waals surface area contributed by atoms with E-state index in [0.717, 1.165) is 5.39 Å². The smallest absolute Gasteiger partial charge is 0.307 e. The van der Waals surface area contributed by atoms with Gasteiger partial charge in [-0.2, -0.15) is 5.10 Å². The highest BCUT2D eigenvalue weighted by Gasteiger charge is 2.12. The van der Waals surface area contributed by atoms with E-state index < -0.39 is 5.91 Å². The molecule has 0 unspecified atom stereocenters. The first kappa shape index (κ1) is 21.0. The maximum Gasteiger partial charge on any atom is 0.307 e. The van der Waals surface area contributed by atoms with Gasteiger partial charge in [0.05, 0.1) is 22.3 Å². The number of fused-ring (bicyclic) bond motifs is 1. The average Bonchev–Trinajstić information content (AvgIpc) is 3.11. The molecule has 0 bridgehead atoms. The van der Waals surface area contributed by atoms with Crippen LogP contribution in [0.3, 0.4) is 0 Å². The van der Waals surface area contributed by atoms with Crippen LogP contribution >= 0.6 is 27.5 Å². The minimum atomic E-state index is -0.466. The third-order valence-corrected chi connectivity index (χ3v) is 4.64. The van der Waals surface area contributed by atoms with Crippen LogP contribution in [-0.4, -0.2) is 25.3 Å². The summed E-state index contributed by atoms with van der Waals surface area (Å²) >= 11 is 9.63. The van der Waals surface area contributed by atoms with Crippen LogP contribution in [0.15, 0.2) is 63.0 Å². The summed E-state index contributed by atoms with van der Waals surface area (Å²) in [5.74, 6) is 0.917. The first-order chi connectivity index (χ1) is 14.0. The van der Waals surface area contributed by atoms with Crippen molar-refractivity contribution < 1.29 is 18.7 Å². The summed E-state index contributed by atoms with van der Waals surface area (Å²) in [5.41, 5.74) is 3.71. The van der Waals surface area contributed by atoms with Crippen molar-refractivity contribution >= 4 is 50.6 Å². The van der Waals surface area contributed by atoms with Gasteiger partial charge in [-0.3, -0.25) is 4.79 Å². The molecular weight excluding hydrogens is 460 g/mol. The molecule has 0 aliphatic rings. The molecule has 0 fully saturated rings. The zero-order valence-electron chi connectivity index (χ0n) is 15.6. The Morgan fingerprint density at radius 2 is 2.14 bits per heavy atom. The standard InChI is InChI=1S/C21H18BrClN2O4/c1-3-7-28-20-16(22)8-13(9-17(20)23)12-24-25-21(26)19-11-14-10-15(27-4-2)5-6-18(14)29-19/h3,5-6,8-12H,1,4,7H2,2H3,(H,25,26)/b24-12+. The first-order valence-corrected chi connectivity index (χ1v) is 9.91. The topological polar surface area (TPSA) is 73.1 Å². The van der Waals surface area contributed by atoms with Crippen LogP contribution in [0.1, 0.15) is 23.0 Å². The predicted molar refractivity (Wildman–Crippen MR) is 117 cm³/mol. The van der Waals surface area contributed by atoms with Crippen molar-refractivity contribution in [2.75, 3.05) is 13.2 Å². The van der Waals surface area contributed by atoms with E-state index >= 15 is 0 Å². The van der Waals surface area contributed by atoms with E-state index in [1.807, 2.05) is 13.0 Å². The normalized spacial score (nSPS) is 11.0. The van der Waals surface area contributed by atoms with E-state index in [-0.39, 0.29) is 5.76 Å². The highest BCUT2D eigenvalue weighted by Crippen LogP contribution is 2.34. The fourth-order valence-electron chi connectivity index (χ4n) is 2.54. The summed E-state index contributed by atoms with van der Waals surface area (Å²) in [6, 6.07) is 10.5. The fraction of sp³-hybridized carbons (Fsp3) is 0.143. The van der Waals surface area contributed by atoms with Crippen molar-refractivity contribution in [3.8, 4) is 11.5 Å². The van der Waals surface area contributed by atoms with E-state index in [1.54, 1.807) is 36.4 Å².